The van der Waals surface area contributed by atoms with Crippen molar-refractivity contribution < 1.29 is 19.1 Å². The van der Waals surface area contributed by atoms with Gasteiger partial charge in [-0.05, 0) is 36.2 Å². The molecule has 0 atom stereocenters. The van der Waals surface area contributed by atoms with Gasteiger partial charge < -0.3 is 14.4 Å². The Morgan fingerprint density at radius 3 is 2.40 bits per heavy atom. The van der Waals surface area contributed by atoms with Crippen LogP contribution in [0.25, 0.3) is 5.57 Å². The number of anilines is 1. The fourth-order valence-electron chi connectivity index (χ4n) is 3.67. The number of ether oxygens (including phenoxy) is 2. The number of para-hydroxylation sites is 2. The maximum atomic E-state index is 13.6. The molecule has 2 amide bonds. The molecule has 1 fully saturated rings. The third kappa shape index (κ3) is 3.80. The van der Waals surface area contributed by atoms with Gasteiger partial charge in [0.2, 0.25) is 0 Å². The number of amides is 2. The van der Waals surface area contributed by atoms with E-state index in [0.717, 1.165) is 6.42 Å². The van der Waals surface area contributed by atoms with Gasteiger partial charge in [-0.3, -0.25) is 9.59 Å². The number of morpholine rings is 1. The molecule has 7 heteroatoms. The number of imide groups is 1. The molecule has 4 rings (SSSR count). The third-order valence-electron chi connectivity index (χ3n) is 5.09. The van der Waals surface area contributed by atoms with E-state index in [9.17, 15) is 9.59 Å². The first-order valence-electron chi connectivity index (χ1n) is 10.1. The fourth-order valence-corrected chi connectivity index (χ4v) is 3.80. The molecule has 0 saturated carbocycles. The molecule has 0 aliphatic carbocycles. The first kappa shape index (κ1) is 20.4. The summed E-state index contributed by atoms with van der Waals surface area (Å²) in [6, 6.07) is 14.1. The summed E-state index contributed by atoms with van der Waals surface area (Å²) in [5, 5.41) is 0.569. The second-order valence-corrected chi connectivity index (χ2v) is 7.53. The van der Waals surface area contributed by atoms with E-state index in [4.69, 9.17) is 21.1 Å². The van der Waals surface area contributed by atoms with Crippen LogP contribution >= 0.6 is 11.6 Å². The minimum Gasteiger partial charge on any atom is -0.491 e. The highest BCUT2D eigenvalue weighted by Crippen LogP contribution is 2.39. The lowest BCUT2D eigenvalue weighted by atomic mass is 10.0. The van der Waals surface area contributed by atoms with Gasteiger partial charge in [0, 0.05) is 18.1 Å². The Morgan fingerprint density at radius 1 is 1.00 bits per heavy atom. The van der Waals surface area contributed by atoms with Crippen LogP contribution in [0.4, 0.5) is 5.69 Å². The van der Waals surface area contributed by atoms with Crippen LogP contribution in [0.15, 0.2) is 54.2 Å². The van der Waals surface area contributed by atoms with Crippen LogP contribution in [0.5, 0.6) is 5.75 Å². The summed E-state index contributed by atoms with van der Waals surface area (Å²) in [5.74, 6) is -0.199. The Morgan fingerprint density at radius 2 is 1.70 bits per heavy atom. The molecule has 2 aromatic rings. The van der Waals surface area contributed by atoms with Crippen molar-refractivity contribution >= 4 is 34.7 Å². The number of benzene rings is 2. The van der Waals surface area contributed by atoms with Crippen LogP contribution in [0.2, 0.25) is 5.02 Å². The van der Waals surface area contributed by atoms with Gasteiger partial charge in [0.1, 0.15) is 11.4 Å². The first-order chi connectivity index (χ1) is 14.6. The molecule has 0 unspecified atom stereocenters. The van der Waals surface area contributed by atoms with E-state index < -0.39 is 0 Å². The number of hydrogen-bond acceptors (Lipinski definition) is 5. The molecule has 2 aliphatic rings. The Hall–Kier alpha value is -2.83. The Balaban J connectivity index is 1.80. The predicted molar refractivity (Wildman–Crippen MR) is 115 cm³/mol. The second kappa shape index (κ2) is 8.90. The Bertz CT molecular complexity index is 981. The molecule has 6 nitrogen and oxygen atoms in total. The summed E-state index contributed by atoms with van der Waals surface area (Å²) >= 11 is 6.04. The van der Waals surface area contributed by atoms with E-state index in [1.807, 2.05) is 17.9 Å². The summed E-state index contributed by atoms with van der Waals surface area (Å²) in [4.78, 5) is 30.3. The SMILES string of the molecule is CCCOc1ccccc1N1C(=O)C(c2ccc(Cl)cc2)=C(N2CCOCC2)C1=O. The zero-order valence-electron chi connectivity index (χ0n) is 16.8. The smallest absolute Gasteiger partial charge is 0.282 e. The van der Waals surface area contributed by atoms with E-state index in [1.54, 1.807) is 42.5 Å². The molecule has 0 bridgehead atoms. The average Bonchev–Trinajstić information content (AvgIpc) is 3.03. The summed E-state index contributed by atoms with van der Waals surface area (Å²) in [5.41, 5.74) is 1.89. The molecule has 2 aromatic carbocycles. The van der Waals surface area contributed by atoms with Crippen molar-refractivity contribution in [3.8, 4) is 5.75 Å². The molecule has 0 N–H and O–H groups in total. The van der Waals surface area contributed by atoms with Crippen LogP contribution in [-0.4, -0.2) is 49.6 Å². The molecule has 2 aliphatic heterocycles. The minimum absolute atomic E-state index is 0.348. The molecule has 2 heterocycles. The maximum Gasteiger partial charge on any atom is 0.282 e. The Labute approximate surface area is 180 Å². The van der Waals surface area contributed by atoms with Crippen molar-refractivity contribution in [3.63, 3.8) is 0 Å². The van der Waals surface area contributed by atoms with E-state index in [0.29, 0.717) is 66.2 Å². The zero-order chi connectivity index (χ0) is 21.1. The highest BCUT2D eigenvalue weighted by molar-refractivity contribution is 6.45. The molecular weight excluding hydrogens is 404 g/mol. The molecule has 1 saturated heterocycles. The van der Waals surface area contributed by atoms with Gasteiger partial charge >= 0.3 is 0 Å². The van der Waals surface area contributed by atoms with Gasteiger partial charge in [0.25, 0.3) is 11.8 Å². The summed E-state index contributed by atoms with van der Waals surface area (Å²) < 4.78 is 11.3. The summed E-state index contributed by atoms with van der Waals surface area (Å²) in [7, 11) is 0. The van der Waals surface area contributed by atoms with Crippen LogP contribution in [0.1, 0.15) is 18.9 Å². The molecule has 0 spiro atoms. The highest BCUT2D eigenvalue weighted by Gasteiger charge is 2.43. The largest absolute Gasteiger partial charge is 0.491 e. The van der Waals surface area contributed by atoms with Gasteiger partial charge in [-0.15, -0.1) is 0 Å². The lowest BCUT2D eigenvalue weighted by Crippen LogP contribution is -2.40. The van der Waals surface area contributed by atoms with Crippen molar-refractivity contribution in [1.82, 2.24) is 4.90 Å². The highest BCUT2D eigenvalue weighted by atomic mass is 35.5. The van der Waals surface area contributed by atoms with Crippen molar-refractivity contribution in [2.75, 3.05) is 37.8 Å². The van der Waals surface area contributed by atoms with Crippen molar-refractivity contribution in [2.24, 2.45) is 0 Å². The van der Waals surface area contributed by atoms with Crippen LogP contribution in [-0.2, 0) is 14.3 Å². The average molecular weight is 427 g/mol. The number of halogens is 1. The molecular formula is C23H23ClN2O4. The minimum atomic E-state index is -0.364. The number of carbonyl (C=O) groups excluding carboxylic acids is 2. The van der Waals surface area contributed by atoms with Gasteiger partial charge in [0.05, 0.1) is 31.1 Å². The lowest BCUT2D eigenvalue weighted by molar-refractivity contribution is -0.121. The van der Waals surface area contributed by atoms with Crippen LogP contribution in [0.3, 0.4) is 0 Å². The van der Waals surface area contributed by atoms with Crippen LogP contribution < -0.4 is 9.64 Å². The van der Waals surface area contributed by atoms with Crippen molar-refractivity contribution in [3.05, 3.63) is 64.8 Å². The molecule has 0 aromatic heterocycles. The van der Waals surface area contributed by atoms with E-state index in [2.05, 4.69) is 0 Å². The standard InChI is InChI=1S/C23H23ClN2O4/c1-2-13-30-19-6-4-3-5-18(19)26-22(27)20(16-7-9-17(24)10-8-16)21(23(26)28)25-11-14-29-15-12-25/h3-10H,2,11-15H2,1H3. The van der Waals surface area contributed by atoms with E-state index >= 15 is 0 Å². The third-order valence-corrected chi connectivity index (χ3v) is 5.34. The number of nitrogens with zero attached hydrogens (tertiary/aromatic N) is 2. The molecule has 156 valence electrons. The van der Waals surface area contributed by atoms with Crippen molar-refractivity contribution in [1.29, 1.82) is 0 Å². The molecule has 30 heavy (non-hydrogen) atoms. The Kier molecular flexibility index (Phi) is 6.06. The second-order valence-electron chi connectivity index (χ2n) is 7.09. The molecule has 0 radical (unpaired) electrons. The van der Waals surface area contributed by atoms with Crippen molar-refractivity contribution in [2.45, 2.75) is 13.3 Å². The van der Waals surface area contributed by atoms with E-state index in [-0.39, 0.29) is 11.8 Å². The summed E-state index contributed by atoms with van der Waals surface area (Å²) in [6.07, 6.45) is 0.823. The monoisotopic (exact) mass is 426 g/mol. The van der Waals surface area contributed by atoms with Gasteiger partial charge in [0.15, 0.2) is 0 Å². The number of carbonyl (C=O) groups is 2. The number of rotatable bonds is 6. The lowest BCUT2D eigenvalue weighted by Gasteiger charge is -2.29. The van der Waals surface area contributed by atoms with Crippen LogP contribution in [0, 0.1) is 0 Å². The van der Waals surface area contributed by atoms with Gasteiger partial charge in [-0.1, -0.05) is 42.8 Å². The summed E-state index contributed by atoms with van der Waals surface area (Å²) in [6.45, 7) is 4.62. The predicted octanol–water partition coefficient (Wildman–Crippen LogP) is 3.75. The topological polar surface area (TPSA) is 59.1 Å². The zero-order valence-corrected chi connectivity index (χ0v) is 17.5. The quantitative estimate of drug-likeness (QED) is 0.658. The van der Waals surface area contributed by atoms with E-state index in [1.165, 1.54) is 4.90 Å². The first-order valence-corrected chi connectivity index (χ1v) is 10.4. The normalized spacial score (nSPS) is 17.1. The van der Waals surface area contributed by atoms with Gasteiger partial charge in [-0.25, -0.2) is 4.90 Å². The maximum absolute atomic E-state index is 13.6. The number of hydrogen-bond donors (Lipinski definition) is 0. The van der Waals surface area contributed by atoms with Gasteiger partial charge in [-0.2, -0.15) is 0 Å². The fraction of sp³-hybridized carbons (Fsp3) is 0.304.